The predicted molar refractivity (Wildman–Crippen MR) is 63.0 cm³/mol. The molecule has 0 spiro atoms. The summed E-state index contributed by atoms with van der Waals surface area (Å²) in [6.07, 6.45) is 0.322. The first-order valence-electron chi connectivity index (χ1n) is 5.49. The van der Waals surface area contributed by atoms with Crippen LogP contribution in [0.3, 0.4) is 0 Å². The van der Waals surface area contributed by atoms with E-state index in [1.807, 2.05) is 18.8 Å². The minimum absolute atomic E-state index is 0.0247. The normalized spacial score (nSPS) is 21.6. The maximum Gasteiger partial charge on any atom is 0.303 e. The number of hydrogen-bond acceptors (Lipinski definition) is 6. The molecule has 2 heterocycles. The number of carbonyl (C=O) groups is 1. The van der Waals surface area contributed by atoms with Crippen molar-refractivity contribution in [3.8, 4) is 0 Å². The molecular formula is C10H15N3O3S. The molecule has 0 radical (unpaired) electrons. The number of aromatic nitrogens is 2. The van der Waals surface area contributed by atoms with E-state index in [4.69, 9.17) is 9.63 Å². The predicted octanol–water partition coefficient (Wildman–Crippen LogP) is 0.806. The minimum Gasteiger partial charge on any atom is -0.481 e. The van der Waals surface area contributed by atoms with Gasteiger partial charge in [0.1, 0.15) is 0 Å². The van der Waals surface area contributed by atoms with E-state index in [0.717, 1.165) is 18.1 Å². The van der Waals surface area contributed by atoms with Gasteiger partial charge in [0, 0.05) is 24.5 Å². The average Bonchev–Trinajstić information content (AvgIpc) is 2.75. The molecule has 1 fully saturated rings. The molecule has 1 aromatic rings. The molecule has 1 aliphatic rings. The van der Waals surface area contributed by atoms with Crippen molar-refractivity contribution in [1.82, 2.24) is 15.0 Å². The van der Waals surface area contributed by atoms with Gasteiger partial charge in [-0.3, -0.25) is 9.69 Å². The second kappa shape index (κ2) is 5.50. The lowest BCUT2D eigenvalue weighted by molar-refractivity contribution is -0.137. The molecule has 1 atom stereocenters. The van der Waals surface area contributed by atoms with Gasteiger partial charge in [-0.15, -0.1) is 0 Å². The average molecular weight is 257 g/mol. The van der Waals surface area contributed by atoms with Crippen molar-refractivity contribution in [2.45, 2.75) is 18.9 Å². The van der Waals surface area contributed by atoms with E-state index in [-0.39, 0.29) is 12.5 Å². The summed E-state index contributed by atoms with van der Waals surface area (Å²) in [6, 6.07) is 0.177. The first-order valence-corrected chi connectivity index (χ1v) is 6.64. The molecule has 7 heteroatoms. The summed E-state index contributed by atoms with van der Waals surface area (Å²) in [5.74, 6) is 2.30. The Labute approximate surface area is 103 Å². The summed E-state index contributed by atoms with van der Waals surface area (Å²) in [5.41, 5.74) is 0. The first-order chi connectivity index (χ1) is 8.16. The Morgan fingerprint density at radius 1 is 1.71 bits per heavy atom. The highest BCUT2D eigenvalue weighted by atomic mass is 32.2. The molecule has 0 aromatic carbocycles. The SMILES string of the molecule is CN1CCSCC1c1noc(CCC(=O)O)n1. The van der Waals surface area contributed by atoms with Gasteiger partial charge in [-0.1, -0.05) is 5.16 Å². The molecule has 0 aliphatic carbocycles. The smallest absolute Gasteiger partial charge is 0.303 e. The fraction of sp³-hybridized carbons (Fsp3) is 0.700. The second-order valence-corrected chi connectivity index (χ2v) is 5.16. The molecule has 0 amide bonds. The van der Waals surface area contributed by atoms with E-state index < -0.39 is 5.97 Å². The Balaban J connectivity index is 1.99. The van der Waals surface area contributed by atoms with E-state index in [2.05, 4.69) is 15.0 Å². The maximum atomic E-state index is 10.4. The van der Waals surface area contributed by atoms with Crippen LogP contribution in [0.5, 0.6) is 0 Å². The Hall–Kier alpha value is -1.08. The van der Waals surface area contributed by atoms with E-state index in [1.165, 1.54) is 0 Å². The molecule has 1 unspecified atom stereocenters. The number of carboxylic acid groups (broad SMARTS) is 1. The van der Waals surface area contributed by atoms with Crippen LogP contribution >= 0.6 is 11.8 Å². The van der Waals surface area contributed by atoms with Gasteiger partial charge in [-0.05, 0) is 7.05 Å². The van der Waals surface area contributed by atoms with Crippen molar-refractivity contribution in [1.29, 1.82) is 0 Å². The summed E-state index contributed by atoms with van der Waals surface area (Å²) < 4.78 is 5.06. The van der Waals surface area contributed by atoms with Crippen LogP contribution in [0.2, 0.25) is 0 Å². The van der Waals surface area contributed by atoms with Crippen molar-refractivity contribution in [2.75, 3.05) is 25.1 Å². The van der Waals surface area contributed by atoms with Crippen LogP contribution in [0.1, 0.15) is 24.2 Å². The zero-order valence-electron chi connectivity index (χ0n) is 9.63. The van der Waals surface area contributed by atoms with Crippen molar-refractivity contribution in [3.05, 3.63) is 11.7 Å². The number of thioether (sulfide) groups is 1. The number of nitrogens with zero attached hydrogens (tertiary/aromatic N) is 3. The zero-order valence-corrected chi connectivity index (χ0v) is 10.4. The lowest BCUT2D eigenvalue weighted by Gasteiger charge is -2.29. The Bertz CT molecular complexity index is 396. The largest absolute Gasteiger partial charge is 0.481 e. The van der Waals surface area contributed by atoms with Crippen LogP contribution < -0.4 is 0 Å². The Morgan fingerprint density at radius 2 is 2.53 bits per heavy atom. The van der Waals surface area contributed by atoms with E-state index in [0.29, 0.717) is 18.1 Å². The Kier molecular flexibility index (Phi) is 4.01. The lowest BCUT2D eigenvalue weighted by atomic mass is 10.2. The zero-order chi connectivity index (χ0) is 12.3. The van der Waals surface area contributed by atoms with Gasteiger partial charge in [0.2, 0.25) is 5.89 Å². The van der Waals surface area contributed by atoms with Crippen molar-refractivity contribution in [3.63, 3.8) is 0 Å². The topological polar surface area (TPSA) is 79.5 Å². The number of hydrogen-bond donors (Lipinski definition) is 1. The molecule has 1 N–H and O–H groups in total. The van der Waals surface area contributed by atoms with Crippen molar-refractivity contribution >= 4 is 17.7 Å². The first kappa shape index (κ1) is 12.4. The third kappa shape index (κ3) is 3.19. The van der Waals surface area contributed by atoms with Gasteiger partial charge in [0.15, 0.2) is 5.82 Å². The Morgan fingerprint density at radius 3 is 3.24 bits per heavy atom. The van der Waals surface area contributed by atoms with Crippen LogP contribution in [0.25, 0.3) is 0 Å². The van der Waals surface area contributed by atoms with Crippen LogP contribution in [0.15, 0.2) is 4.52 Å². The highest BCUT2D eigenvalue weighted by molar-refractivity contribution is 7.99. The van der Waals surface area contributed by atoms with Crippen molar-refractivity contribution < 1.29 is 14.4 Å². The molecule has 6 nitrogen and oxygen atoms in total. The number of aliphatic carboxylic acids is 1. The standard InChI is InChI=1S/C10H15N3O3S/c1-13-4-5-17-6-7(13)10-11-8(16-12-10)2-3-9(14)15/h7H,2-6H2,1H3,(H,14,15). The number of rotatable bonds is 4. The van der Waals surface area contributed by atoms with Gasteiger partial charge in [-0.25, -0.2) is 0 Å². The summed E-state index contributed by atoms with van der Waals surface area (Å²) in [6.45, 7) is 1.01. The highest BCUT2D eigenvalue weighted by Gasteiger charge is 2.25. The molecular weight excluding hydrogens is 242 g/mol. The quantitative estimate of drug-likeness (QED) is 0.854. The van der Waals surface area contributed by atoms with E-state index >= 15 is 0 Å². The van der Waals surface area contributed by atoms with Gasteiger partial charge >= 0.3 is 5.97 Å². The van der Waals surface area contributed by atoms with Crippen LogP contribution in [-0.4, -0.2) is 51.2 Å². The lowest BCUT2D eigenvalue weighted by Crippen LogP contribution is -2.33. The number of carboxylic acids is 1. The summed E-state index contributed by atoms with van der Waals surface area (Å²) >= 11 is 1.87. The van der Waals surface area contributed by atoms with E-state index in [1.54, 1.807) is 0 Å². The van der Waals surface area contributed by atoms with Crippen LogP contribution in [0.4, 0.5) is 0 Å². The van der Waals surface area contributed by atoms with Crippen LogP contribution in [-0.2, 0) is 11.2 Å². The summed E-state index contributed by atoms with van der Waals surface area (Å²) in [5, 5.41) is 12.5. The maximum absolute atomic E-state index is 10.4. The minimum atomic E-state index is -0.852. The van der Waals surface area contributed by atoms with Gasteiger partial charge in [-0.2, -0.15) is 16.7 Å². The monoisotopic (exact) mass is 257 g/mol. The van der Waals surface area contributed by atoms with Crippen LogP contribution in [0, 0.1) is 0 Å². The second-order valence-electron chi connectivity index (χ2n) is 4.01. The number of aryl methyl sites for hydroxylation is 1. The van der Waals surface area contributed by atoms with Crippen molar-refractivity contribution in [2.24, 2.45) is 0 Å². The summed E-state index contributed by atoms with van der Waals surface area (Å²) in [7, 11) is 2.04. The highest BCUT2D eigenvalue weighted by Crippen LogP contribution is 2.26. The summed E-state index contributed by atoms with van der Waals surface area (Å²) in [4.78, 5) is 16.9. The molecule has 1 aliphatic heterocycles. The third-order valence-electron chi connectivity index (χ3n) is 2.73. The molecule has 0 bridgehead atoms. The van der Waals surface area contributed by atoms with E-state index in [9.17, 15) is 4.79 Å². The molecule has 1 aromatic heterocycles. The van der Waals surface area contributed by atoms with Gasteiger partial charge in [0.05, 0.1) is 12.5 Å². The molecule has 94 valence electrons. The molecule has 17 heavy (non-hydrogen) atoms. The molecule has 0 saturated carbocycles. The third-order valence-corrected chi connectivity index (χ3v) is 3.75. The van der Waals surface area contributed by atoms with Gasteiger partial charge < -0.3 is 9.63 Å². The molecule has 1 saturated heterocycles. The fourth-order valence-corrected chi connectivity index (χ4v) is 2.89. The van der Waals surface area contributed by atoms with Gasteiger partial charge in [0.25, 0.3) is 0 Å². The molecule has 2 rings (SSSR count). The fourth-order valence-electron chi connectivity index (χ4n) is 1.68.